The summed E-state index contributed by atoms with van der Waals surface area (Å²) in [5, 5.41) is 0. The summed E-state index contributed by atoms with van der Waals surface area (Å²) in [5.41, 5.74) is 7.33. The minimum atomic E-state index is -0.258. The lowest BCUT2D eigenvalue weighted by atomic mass is 10.2. The number of nitrogens with zero attached hydrogens (tertiary/aromatic N) is 1. The molecule has 0 amide bonds. The molecule has 2 N–H and O–H groups in total. The van der Waals surface area contributed by atoms with Gasteiger partial charge < -0.3 is 5.73 Å². The number of halogens is 1. The van der Waals surface area contributed by atoms with E-state index in [-0.39, 0.29) is 5.82 Å². The third-order valence-electron chi connectivity index (χ3n) is 2.65. The van der Waals surface area contributed by atoms with Crippen LogP contribution in [0.4, 0.5) is 4.39 Å². The summed E-state index contributed by atoms with van der Waals surface area (Å²) in [6.07, 6.45) is 0. The fourth-order valence-electron chi connectivity index (χ4n) is 1.79. The van der Waals surface area contributed by atoms with Crippen LogP contribution in [0.2, 0.25) is 0 Å². The van der Waals surface area contributed by atoms with Crippen molar-refractivity contribution < 1.29 is 4.39 Å². The lowest BCUT2D eigenvalue weighted by Gasteiger charge is -2.02. The van der Waals surface area contributed by atoms with E-state index < -0.39 is 0 Å². The summed E-state index contributed by atoms with van der Waals surface area (Å²) >= 11 is 3.08. The first-order valence-corrected chi connectivity index (χ1v) is 7.41. The molecule has 0 atom stereocenters. The number of hydrogen-bond acceptors (Lipinski definition) is 4. The molecule has 0 saturated heterocycles. The maximum atomic E-state index is 13.4. The van der Waals surface area contributed by atoms with E-state index in [2.05, 4.69) is 4.98 Å². The van der Waals surface area contributed by atoms with E-state index in [4.69, 9.17) is 5.73 Å². The van der Waals surface area contributed by atoms with Gasteiger partial charge in [-0.05, 0) is 35.9 Å². The minimum absolute atomic E-state index is 0.258. The monoisotopic (exact) mass is 290 g/mol. The fraction of sp³-hybridized carbons (Fsp3) is 0.0714. The second-order valence-corrected chi connectivity index (χ2v) is 6.40. The Bertz CT molecular complexity index is 691. The molecule has 0 aliphatic heterocycles. The van der Waals surface area contributed by atoms with Crippen LogP contribution >= 0.6 is 23.1 Å². The van der Waals surface area contributed by atoms with Crippen LogP contribution in [0.3, 0.4) is 0 Å². The number of benzene rings is 2. The van der Waals surface area contributed by atoms with E-state index in [1.54, 1.807) is 11.3 Å². The summed E-state index contributed by atoms with van der Waals surface area (Å²) in [6, 6.07) is 12.8. The minimum Gasteiger partial charge on any atom is -0.326 e. The van der Waals surface area contributed by atoms with Gasteiger partial charge in [-0.1, -0.05) is 23.9 Å². The number of para-hydroxylation sites is 1. The van der Waals surface area contributed by atoms with Crippen LogP contribution in [0.5, 0.6) is 0 Å². The van der Waals surface area contributed by atoms with Crippen LogP contribution in [0.25, 0.3) is 10.2 Å². The molecule has 0 fully saturated rings. The summed E-state index contributed by atoms with van der Waals surface area (Å²) < 4.78 is 15.5. The van der Waals surface area contributed by atoms with E-state index in [9.17, 15) is 4.39 Å². The molecule has 0 spiro atoms. The first-order chi connectivity index (χ1) is 9.24. The molecule has 0 radical (unpaired) electrons. The molecule has 3 aromatic rings. The third kappa shape index (κ3) is 2.78. The maximum absolute atomic E-state index is 13.4. The fourth-order valence-corrected chi connectivity index (χ4v) is 3.94. The van der Waals surface area contributed by atoms with Gasteiger partial charge >= 0.3 is 0 Å². The zero-order chi connectivity index (χ0) is 13.2. The Hall–Kier alpha value is -1.43. The van der Waals surface area contributed by atoms with Crippen LogP contribution in [0, 0.1) is 5.82 Å². The number of thiazole rings is 1. The van der Waals surface area contributed by atoms with E-state index >= 15 is 0 Å². The summed E-state index contributed by atoms with van der Waals surface area (Å²) in [6.45, 7) is 0.338. The summed E-state index contributed by atoms with van der Waals surface area (Å²) in [5.74, 6) is -0.258. The molecule has 5 heteroatoms. The van der Waals surface area contributed by atoms with Crippen LogP contribution in [-0.2, 0) is 6.54 Å². The first-order valence-electron chi connectivity index (χ1n) is 5.77. The van der Waals surface area contributed by atoms with Gasteiger partial charge in [-0.2, -0.15) is 0 Å². The van der Waals surface area contributed by atoms with Gasteiger partial charge in [-0.15, -0.1) is 11.3 Å². The standard InChI is InChI=1S/C14H11FN2S2/c15-10-5-9(8-16)6-11(7-10)18-14-17-12-3-1-2-4-13(12)19-14/h1-7H,8,16H2. The molecule has 0 aliphatic rings. The topological polar surface area (TPSA) is 38.9 Å². The lowest BCUT2D eigenvalue weighted by Crippen LogP contribution is -1.96. The molecule has 0 saturated carbocycles. The highest BCUT2D eigenvalue weighted by Gasteiger charge is 2.07. The molecule has 2 aromatic carbocycles. The molecular weight excluding hydrogens is 279 g/mol. The maximum Gasteiger partial charge on any atom is 0.155 e. The SMILES string of the molecule is NCc1cc(F)cc(Sc2nc3ccccc3s2)c1. The Labute approximate surface area is 118 Å². The van der Waals surface area contributed by atoms with E-state index in [0.717, 1.165) is 25.0 Å². The van der Waals surface area contributed by atoms with Gasteiger partial charge in [0.05, 0.1) is 10.2 Å². The van der Waals surface area contributed by atoms with Gasteiger partial charge in [0.1, 0.15) is 5.82 Å². The van der Waals surface area contributed by atoms with Crippen molar-refractivity contribution in [2.75, 3.05) is 0 Å². The lowest BCUT2D eigenvalue weighted by molar-refractivity contribution is 0.621. The second-order valence-electron chi connectivity index (χ2n) is 4.05. The highest BCUT2D eigenvalue weighted by molar-refractivity contribution is 8.01. The quantitative estimate of drug-likeness (QED) is 0.791. The molecule has 1 heterocycles. The van der Waals surface area contributed by atoms with Crippen molar-refractivity contribution in [1.29, 1.82) is 0 Å². The van der Waals surface area contributed by atoms with E-state index in [1.165, 1.54) is 23.9 Å². The van der Waals surface area contributed by atoms with E-state index in [0.29, 0.717) is 6.54 Å². The number of fused-ring (bicyclic) bond motifs is 1. The van der Waals surface area contributed by atoms with Crippen LogP contribution in [0.15, 0.2) is 51.7 Å². The average Bonchev–Trinajstić information content (AvgIpc) is 2.80. The average molecular weight is 290 g/mol. The first kappa shape index (κ1) is 12.6. The van der Waals surface area contributed by atoms with Gasteiger partial charge in [0.15, 0.2) is 4.34 Å². The van der Waals surface area contributed by atoms with Crippen molar-refractivity contribution in [3.63, 3.8) is 0 Å². The molecule has 3 rings (SSSR count). The van der Waals surface area contributed by atoms with Gasteiger partial charge in [-0.3, -0.25) is 0 Å². The molecular formula is C14H11FN2S2. The van der Waals surface area contributed by atoms with Gasteiger partial charge in [0, 0.05) is 11.4 Å². The molecule has 2 nitrogen and oxygen atoms in total. The predicted molar refractivity (Wildman–Crippen MR) is 78.0 cm³/mol. The van der Waals surface area contributed by atoms with Crippen molar-refractivity contribution >= 4 is 33.3 Å². The van der Waals surface area contributed by atoms with Crippen LogP contribution in [-0.4, -0.2) is 4.98 Å². The number of aromatic nitrogens is 1. The molecule has 0 bridgehead atoms. The molecule has 96 valence electrons. The second kappa shape index (κ2) is 5.28. The highest BCUT2D eigenvalue weighted by Crippen LogP contribution is 2.34. The van der Waals surface area contributed by atoms with Crippen molar-refractivity contribution in [2.45, 2.75) is 15.8 Å². The molecule has 0 aliphatic carbocycles. The zero-order valence-corrected chi connectivity index (χ0v) is 11.6. The van der Waals surface area contributed by atoms with Crippen molar-refractivity contribution in [1.82, 2.24) is 4.98 Å². The normalized spacial score (nSPS) is 11.1. The Morgan fingerprint density at radius 3 is 2.84 bits per heavy atom. The van der Waals surface area contributed by atoms with Crippen molar-refractivity contribution in [3.8, 4) is 0 Å². The van der Waals surface area contributed by atoms with E-state index in [1.807, 2.05) is 30.3 Å². The molecule has 0 unspecified atom stereocenters. The largest absolute Gasteiger partial charge is 0.326 e. The Kier molecular flexibility index (Phi) is 3.50. The third-order valence-corrected chi connectivity index (χ3v) is 4.71. The smallest absolute Gasteiger partial charge is 0.155 e. The number of rotatable bonds is 3. The molecule has 1 aromatic heterocycles. The van der Waals surface area contributed by atoms with Gasteiger partial charge in [0.25, 0.3) is 0 Å². The Balaban J connectivity index is 1.94. The Morgan fingerprint density at radius 1 is 1.21 bits per heavy atom. The van der Waals surface area contributed by atoms with Crippen LogP contribution < -0.4 is 5.73 Å². The highest BCUT2D eigenvalue weighted by atomic mass is 32.2. The van der Waals surface area contributed by atoms with Crippen LogP contribution in [0.1, 0.15) is 5.56 Å². The Morgan fingerprint density at radius 2 is 2.05 bits per heavy atom. The number of nitrogens with two attached hydrogens (primary N) is 1. The van der Waals surface area contributed by atoms with Gasteiger partial charge in [0.2, 0.25) is 0 Å². The van der Waals surface area contributed by atoms with Gasteiger partial charge in [-0.25, -0.2) is 9.37 Å². The summed E-state index contributed by atoms with van der Waals surface area (Å²) in [4.78, 5) is 5.35. The van der Waals surface area contributed by atoms with Crippen molar-refractivity contribution in [3.05, 3.63) is 53.8 Å². The predicted octanol–water partition coefficient (Wildman–Crippen LogP) is 4.05. The summed E-state index contributed by atoms with van der Waals surface area (Å²) in [7, 11) is 0. The zero-order valence-electron chi connectivity index (χ0n) is 9.97. The van der Waals surface area contributed by atoms with Crippen molar-refractivity contribution in [2.24, 2.45) is 5.73 Å². The number of hydrogen-bond donors (Lipinski definition) is 1. The molecule has 19 heavy (non-hydrogen) atoms.